The first-order chi connectivity index (χ1) is 42.1. The van der Waals surface area contributed by atoms with Crippen LogP contribution in [0.5, 0.6) is 0 Å². The van der Waals surface area contributed by atoms with Crippen molar-refractivity contribution in [1.29, 1.82) is 0 Å². The largest absolute Gasteiger partial charge is 0.418 e. The number of anilines is 6. The molecule has 4 aliphatic heterocycles. The van der Waals surface area contributed by atoms with Crippen LogP contribution in [0.1, 0.15) is 145 Å². The number of aromatic nitrogens is 6. The number of aliphatic hydroxyl groups is 1. The van der Waals surface area contributed by atoms with Crippen LogP contribution in [0.2, 0.25) is 0 Å². The number of nitrogen functional groups attached to an aromatic ring is 3. The van der Waals surface area contributed by atoms with Crippen molar-refractivity contribution >= 4 is 52.3 Å². The average Bonchev–Trinajstić information content (AvgIpc) is 1.03. The van der Waals surface area contributed by atoms with E-state index >= 15 is 0 Å². The predicted molar refractivity (Wildman–Crippen MR) is 356 cm³/mol. The molecule has 0 radical (unpaired) electrons. The number of benzene rings is 1. The molecule has 2 bridgehead atoms. The summed E-state index contributed by atoms with van der Waals surface area (Å²) < 4.78 is 40.4. The van der Waals surface area contributed by atoms with Crippen LogP contribution in [0.3, 0.4) is 0 Å². The van der Waals surface area contributed by atoms with Gasteiger partial charge in [-0.1, -0.05) is 61.9 Å². The lowest BCUT2D eigenvalue weighted by Crippen LogP contribution is -2.51. The number of carbonyl (C=O) groups is 3. The molecule has 2 unspecified atom stereocenters. The van der Waals surface area contributed by atoms with Crippen molar-refractivity contribution in [3.63, 3.8) is 0 Å². The second kappa shape index (κ2) is 28.0. The minimum atomic E-state index is -4.70. The van der Waals surface area contributed by atoms with Gasteiger partial charge in [-0.3, -0.25) is 14.4 Å². The fourth-order valence-corrected chi connectivity index (χ4v) is 11.0. The fraction of sp³-hybridized carbons (Fsp3) is 0.348. The van der Waals surface area contributed by atoms with Crippen LogP contribution in [0.25, 0.3) is 0 Å². The Morgan fingerprint density at radius 3 is 1.60 bits per heavy atom. The van der Waals surface area contributed by atoms with Gasteiger partial charge in [-0.2, -0.15) is 13.2 Å². The molecule has 4 fully saturated rings. The highest BCUT2D eigenvalue weighted by molar-refractivity contribution is 6.13. The van der Waals surface area contributed by atoms with Crippen molar-refractivity contribution < 1.29 is 46.9 Å². The van der Waals surface area contributed by atoms with Crippen molar-refractivity contribution in [2.24, 2.45) is 5.92 Å². The van der Waals surface area contributed by atoms with Crippen LogP contribution < -0.4 is 47.9 Å². The molecule has 22 heteroatoms. The van der Waals surface area contributed by atoms with Crippen LogP contribution in [-0.2, 0) is 6.18 Å². The predicted octanol–water partition coefficient (Wildman–Crippen LogP) is 9.76. The number of nitrogens with two attached hydrogens (primary N) is 3. The van der Waals surface area contributed by atoms with Crippen LogP contribution in [0, 0.1) is 29.6 Å². The Hall–Kier alpha value is -9.32. The maximum absolute atomic E-state index is 13.5. The quantitative estimate of drug-likeness (QED) is 0.0443. The smallest absolute Gasteiger partial charge is 0.383 e. The topological polar surface area (TPSA) is 273 Å². The van der Waals surface area contributed by atoms with Crippen molar-refractivity contribution in [3.05, 3.63) is 178 Å². The Kier molecular flexibility index (Phi) is 20.1. The number of nitrogens with zero attached hydrogens (tertiary/aromatic N) is 9. The normalized spacial score (nSPS) is 18.1. The summed E-state index contributed by atoms with van der Waals surface area (Å²) in [5, 5.41) is 20.6. The van der Waals surface area contributed by atoms with Gasteiger partial charge < -0.3 is 53.0 Å². The minimum Gasteiger partial charge on any atom is -0.383 e. The molecule has 4 saturated heterocycles. The van der Waals surface area contributed by atoms with Crippen molar-refractivity contribution in [2.45, 2.75) is 89.8 Å². The van der Waals surface area contributed by atoms with E-state index in [1.807, 2.05) is 41.3 Å². The van der Waals surface area contributed by atoms with Crippen LogP contribution in [0.15, 0.2) is 122 Å². The molecule has 10 heterocycles. The SMILES string of the molecule is CC#Cc1ccc(N2CCN[C@H](c3ccccc3)C2)nc1C(=O)c1cccnc1N.CC(C)C[C@H]1CN(c2ccc(C#CC(C)(C)O)c(C(=O)c3cccnc3N)n2)CCN1.Nc1ncccc1C(=O)c1nc(N2CC3CCC(C2)N3)ccc1C(F)(F)F.[HH].[HH].[HH].[HH].[HH].[HH].[HH].[HH].[HH].[HH]. The van der Waals surface area contributed by atoms with E-state index in [1.54, 1.807) is 63.5 Å². The number of halogens is 3. The molecule has 0 spiro atoms. The molecule has 0 saturated carbocycles. The maximum atomic E-state index is 13.5. The Morgan fingerprint density at radius 1 is 0.625 bits per heavy atom. The number of pyridine rings is 6. The van der Waals surface area contributed by atoms with E-state index < -0.39 is 28.8 Å². The zero-order chi connectivity index (χ0) is 62.7. The second-order valence-corrected chi connectivity index (χ2v) is 22.8. The molecular weight excluding hydrogens is 1120 g/mol. The summed E-state index contributed by atoms with van der Waals surface area (Å²) in [4.78, 5) is 71.0. The summed E-state index contributed by atoms with van der Waals surface area (Å²) in [6, 6.07) is 30.7. The molecule has 0 amide bonds. The first kappa shape index (κ1) is 63.2. The molecule has 7 aromatic rings. The molecule has 4 aliphatic rings. The van der Waals surface area contributed by atoms with Gasteiger partial charge in [0.05, 0.1) is 33.4 Å². The first-order valence-electron chi connectivity index (χ1n) is 29.2. The summed E-state index contributed by atoms with van der Waals surface area (Å²) >= 11 is 0. The zero-order valence-electron chi connectivity index (χ0n) is 49.8. The fourth-order valence-electron chi connectivity index (χ4n) is 11.0. The van der Waals surface area contributed by atoms with Crippen LogP contribution in [0.4, 0.5) is 48.1 Å². The third-order valence-corrected chi connectivity index (χ3v) is 15.2. The second-order valence-electron chi connectivity index (χ2n) is 22.8. The standard InChI is InChI=1S/C24H31N5O2.C24H23N5O.C18H18F3N5O.10H2/c1-16(2)14-18-15-29(13-12-26-18)20-8-7-17(9-10-24(3,4)31)21(28-20)22(30)19-6-5-11-27-23(19)25;1-2-7-18-11-12-21(28-22(18)23(30)19-10-6-13-27-24(19)25)29-15-14-26-20(16-29)17-8-4-3-5-9-17;19-18(20,21)13-5-6-14(26-8-10-3-4-11(9-26)24-10)25-15(13)16(27)12-2-1-7-23-17(12)22;;;;;;;;;;/h5-8,11,16,18,26,31H,12-15H2,1-4H3,(H2,25,27);3-6,8-13,20,26H,14-16H2,1H3,(H2,25,27);1-2,5-7,10-11,24H,3-4,8-9H2,(H2,22,23);10*1H/t18-;20-;;;;;;;;;;;/m00.........../s1. The number of alkyl halides is 3. The zero-order valence-corrected chi connectivity index (χ0v) is 49.8. The first-order valence-corrected chi connectivity index (χ1v) is 29.2. The molecule has 476 valence electrons. The van der Waals surface area contributed by atoms with E-state index in [9.17, 15) is 32.7 Å². The lowest BCUT2D eigenvalue weighted by molar-refractivity contribution is -0.138. The number of hydrogen-bond acceptors (Lipinski definition) is 19. The summed E-state index contributed by atoms with van der Waals surface area (Å²) in [6.45, 7) is 15.5. The molecule has 88 heavy (non-hydrogen) atoms. The highest BCUT2D eigenvalue weighted by Gasteiger charge is 2.39. The lowest BCUT2D eigenvalue weighted by atomic mass is 10.0. The summed E-state index contributed by atoms with van der Waals surface area (Å²) in [5.41, 5.74) is 18.0. The van der Waals surface area contributed by atoms with Crippen LogP contribution in [-0.4, -0.2) is 128 Å². The van der Waals surface area contributed by atoms with Gasteiger partial charge in [0.25, 0.3) is 0 Å². The number of carbonyl (C=O) groups excluding carboxylic acids is 3. The highest BCUT2D eigenvalue weighted by Crippen LogP contribution is 2.35. The van der Waals surface area contributed by atoms with E-state index in [-0.39, 0.29) is 66.1 Å². The van der Waals surface area contributed by atoms with Gasteiger partial charge in [0.15, 0.2) is 0 Å². The van der Waals surface area contributed by atoms with E-state index in [2.05, 4.69) is 95.3 Å². The van der Waals surface area contributed by atoms with E-state index in [1.165, 1.54) is 30.0 Å². The summed E-state index contributed by atoms with van der Waals surface area (Å²) in [5.74, 6) is 12.7. The van der Waals surface area contributed by atoms with E-state index in [4.69, 9.17) is 27.2 Å². The van der Waals surface area contributed by atoms with Gasteiger partial charge in [-0.15, -0.1) is 5.92 Å². The Bertz CT molecular complexity index is 3820. The van der Waals surface area contributed by atoms with Gasteiger partial charge in [0, 0.05) is 109 Å². The number of fused-ring (bicyclic) bond motifs is 2. The Balaban J connectivity index is 0. The van der Waals surface area contributed by atoms with Crippen molar-refractivity contribution in [2.75, 3.05) is 84.3 Å². The molecule has 1 aromatic carbocycles. The maximum Gasteiger partial charge on any atom is 0.418 e. The molecule has 11 rings (SSSR count). The molecular formula is C66H92F3N15O4. The monoisotopic (exact) mass is 1220 g/mol. The number of ketones is 3. The van der Waals surface area contributed by atoms with Crippen LogP contribution >= 0.6 is 0 Å². The third kappa shape index (κ3) is 15.8. The molecule has 10 N–H and O–H groups in total. The van der Waals surface area contributed by atoms with Crippen molar-refractivity contribution in [3.8, 4) is 23.7 Å². The molecule has 6 aromatic heterocycles. The average molecular weight is 1220 g/mol. The number of nitrogens with one attached hydrogen (secondary N) is 3. The minimum absolute atomic E-state index is 0. The molecule has 19 nitrogen and oxygen atoms in total. The summed E-state index contributed by atoms with van der Waals surface area (Å²) in [6.07, 6.45) is 2.91. The lowest BCUT2D eigenvalue weighted by Gasteiger charge is -2.35. The summed E-state index contributed by atoms with van der Waals surface area (Å²) in [7, 11) is 0. The van der Waals surface area contributed by atoms with Gasteiger partial charge in [-0.05, 0) is 124 Å². The van der Waals surface area contributed by atoms with Gasteiger partial charge in [0.2, 0.25) is 17.3 Å². The highest BCUT2D eigenvalue weighted by atomic mass is 19.4. The third-order valence-electron chi connectivity index (χ3n) is 15.2. The van der Waals surface area contributed by atoms with Gasteiger partial charge >= 0.3 is 6.18 Å². The number of rotatable bonds is 12. The van der Waals surface area contributed by atoms with E-state index in [0.29, 0.717) is 65.3 Å². The van der Waals surface area contributed by atoms with Gasteiger partial charge in [0.1, 0.15) is 57.6 Å². The number of piperazine rings is 3. The molecule has 0 aliphatic carbocycles. The Morgan fingerprint density at radius 2 is 1.10 bits per heavy atom. The number of hydrogen-bond donors (Lipinski definition) is 7. The van der Waals surface area contributed by atoms with Gasteiger partial charge in [-0.25, -0.2) is 29.9 Å². The van der Waals surface area contributed by atoms with Crippen molar-refractivity contribution in [1.82, 2.24) is 45.9 Å². The van der Waals surface area contributed by atoms with E-state index in [0.717, 1.165) is 76.2 Å². The Labute approximate surface area is 525 Å². The molecule has 4 atom stereocenters.